The van der Waals surface area contributed by atoms with E-state index in [1.807, 2.05) is 0 Å². The largest absolute Gasteiger partial charge is 0.250 e. The van der Waals surface area contributed by atoms with Crippen molar-refractivity contribution in [1.82, 2.24) is 0 Å². The van der Waals surface area contributed by atoms with Crippen molar-refractivity contribution in [2.75, 3.05) is 0 Å². The Kier molecular flexibility index (Phi) is 59.5. The van der Waals surface area contributed by atoms with Crippen molar-refractivity contribution in [3.05, 3.63) is 84.0 Å². The average Bonchev–Trinajstić information content (AvgIpc) is 3.63. The van der Waals surface area contributed by atoms with Gasteiger partial charge in [-0.25, -0.2) is 4.99 Å². The molecule has 0 aliphatic heterocycles. The molecule has 0 bridgehead atoms. The molecule has 0 radical (unpaired) electrons. The van der Waals surface area contributed by atoms with Crippen molar-refractivity contribution in [1.29, 1.82) is 0 Å². The minimum Gasteiger partial charge on any atom is -0.250 e. The molecule has 0 atom stereocenters. The first-order chi connectivity index (χ1) is 42.7. The first-order valence-corrected chi connectivity index (χ1v) is 38.8. The summed E-state index contributed by atoms with van der Waals surface area (Å²) in [6, 6.07) is 17.8. The molecule has 0 aliphatic rings. The Balaban J connectivity index is 1.93. The molecule has 0 heterocycles. The molecule has 0 aromatic heterocycles. The first kappa shape index (κ1) is 78.9. The Bertz CT molecular complexity index is 1920. The lowest BCUT2D eigenvalue weighted by Gasteiger charge is -2.11. The summed E-state index contributed by atoms with van der Waals surface area (Å²) in [5, 5.41) is 0. The average molecular weight is 1180 g/mol. The highest BCUT2D eigenvalue weighted by atomic mass is 14.8. The van der Waals surface area contributed by atoms with Gasteiger partial charge in [0, 0.05) is 6.42 Å². The Hall–Kier alpha value is -3.18. The predicted octanol–water partition coefficient (Wildman–Crippen LogP) is 29.4. The van der Waals surface area contributed by atoms with Gasteiger partial charge in [0.1, 0.15) is 5.71 Å². The third-order valence-corrected chi connectivity index (χ3v) is 18.3. The van der Waals surface area contributed by atoms with E-state index in [1.54, 1.807) is 0 Å². The molecule has 0 N–H and O–H groups in total. The molecule has 0 unspecified atom stereocenters. The number of hydrogen-bond donors (Lipinski definition) is 0. The van der Waals surface area contributed by atoms with E-state index < -0.39 is 0 Å². The standard InChI is InChI=1S/C84H144N2/c1-5-9-13-16-19-22-25-28-31-34-37-39-41-43-46-49-52-55-58-61-64-71-79-73-67-69-76-81(79)85-83(75-12-8-4)84(78-66-63-60-57-54-51-48-45-36-33-30-27-24-21-18-15-11-7-3)86-82-77-70-68-74-80(82)72-65-62-59-56-53-50-47-44-42-40-38-35-32-29-26-23-20-17-14-10-6-2/h55-56,58-59,67-70,73-74,76-77H,5-54,57,60-65,71-72,75H2,1-4H3. The molecule has 0 spiro atoms. The van der Waals surface area contributed by atoms with Crippen molar-refractivity contribution in [2.24, 2.45) is 9.98 Å². The Labute approximate surface area is 538 Å². The van der Waals surface area contributed by atoms with Crippen LogP contribution in [0.25, 0.3) is 0 Å². The van der Waals surface area contributed by atoms with E-state index in [-0.39, 0.29) is 0 Å². The van der Waals surface area contributed by atoms with Crippen molar-refractivity contribution in [3.8, 4) is 11.8 Å². The van der Waals surface area contributed by atoms with Gasteiger partial charge in [0.2, 0.25) is 0 Å². The second kappa shape index (κ2) is 64.8. The van der Waals surface area contributed by atoms with Gasteiger partial charge in [0.05, 0.1) is 17.1 Å². The molecule has 2 aromatic rings. The lowest BCUT2D eigenvalue weighted by atomic mass is 10.0. The fourth-order valence-corrected chi connectivity index (χ4v) is 12.5. The van der Waals surface area contributed by atoms with E-state index in [0.717, 1.165) is 87.0 Å². The van der Waals surface area contributed by atoms with Crippen LogP contribution >= 0.6 is 0 Å². The molecular weight excluding hydrogens is 1040 g/mol. The van der Waals surface area contributed by atoms with Gasteiger partial charge in [-0.15, -0.1) is 0 Å². The summed E-state index contributed by atoms with van der Waals surface area (Å²) >= 11 is 0. The molecular formula is C84H144N2. The van der Waals surface area contributed by atoms with Gasteiger partial charge in [0.25, 0.3) is 0 Å². The fraction of sp³-hybridized carbons (Fsp3) is 0.762. The predicted molar refractivity (Wildman–Crippen MR) is 391 cm³/mol. The van der Waals surface area contributed by atoms with Gasteiger partial charge in [-0.2, -0.15) is 0 Å². The monoisotopic (exact) mass is 1180 g/mol. The Morgan fingerprint density at radius 2 is 0.558 bits per heavy atom. The normalized spacial score (nSPS) is 12.1. The summed E-state index contributed by atoms with van der Waals surface area (Å²) in [4.78, 5) is 11.0. The molecule has 0 aliphatic carbocycles. The molecule has 2 nitrogen and oxygen atoms in total. The summed E-state index contributed by atoms with van der Waals surface area (Å²) in [6.07, 6.45) is 90.8. The molecule has 0 saturated heterocycles. The minimum atomic E-state index is 0.882. The molecule has 2 heteroatoms. The Morgan fingerprint density at radius 3 is 0.884 bits per heavy atom. The van der Waals surface area contributed by atoms with Gasteiger partial charge < -0.3 is 0 Å². The molecule has 0 amide bonds. The van der Waals surface area contributed by atoms with Gasteiger partial charge >= 0.3 is 0 Å². The van der Waals surface area contributed by atoms with E-state index in [4.69, 9.17) is 9.98 Å². The minimum absolute atomic E-state index is 0.882. The zero-order valence-electron chi connectivity index (χ0n) is 58.2. The number of hydrogen-bond acceptors (Lipinski definition) is 2. The van der Waals surface area contributed by atoms with Crippen LogP contribution < -0.4 is 0 Å². The van der Waals surface area contributed by atoms with Gasteiger partial charge in [0.15, 0.2) is 0 Å². The van der Waals surface area contributed by atoms with Crippen molar-refractivity contribution in [2.45, 2.75) is 413 Å². The number of nitrogens with zero attached hydrogens (tertiary/aromatic N) is 2. The topological polar surface area (TPSA) is 24.7 Å². The van der Waals surface area contributed by atoms with Crippen LogP contribution in [0.5, 0.6) is 0 Å². The van der Waals surface area contributed by atoms with Crippen molar-refractivity contribution < 1.29 is 0 Å². The van der Waals surface area contributed by atoms with Crippen LogP contribution in [0.3, 0.4) is 0 Å². The summed E-state index contributed by atoms with van der Waals surface area (Å²) in [5.41, 5.74) is 6.78. The van der Waals surface area contributed by atoms with Gasteiger partial charge in [-0.1, -0.05) is 390 Å². The van der Waals surface area contributed by atoms with E-state index in [9.17, 15) is 0 Å². The number of benzene rings is 2. The van der Waals surface area contributed by atoms with E-state index in [1.165, 1.54) is 332 Å². The number of unbranched alkanes of at least 4 members (excludes halogenated alkanes) is 51. The smallest absolute Gasteiger partial charge is 0.135 e. The maximum Gasteiger partial charge on any atom is 0.135 e. The highest BCUT2D eigenvalue weighted by molar-refractivity contribution is 6.49. The third kappa shape index (κ3) is 50.7. The van der Waals surface area contributed by atoms with E-state index >= 15 is 0 Å². The SMILES string of the molecule is CCCCCCCCCCCCCCCCCCC#CC(=Nc1ccccc1CCCC=CCCCCCCCCCCCCCCCCCC)C(CCCC)=Nc1ccccc1CCCC=CCCCCCCCCCCCCCCCCCC. The van der Waals surface area contributed by atoms with Crippen LogP contribution in [0.1, 0.15) is 411 Å². The zero-order chi connectivity index (χ0) is 61.2. The van der Waals surface area contributed by atoms with Crippen molar-refractivity contribution >= 4 is 22.8 Å². The Morgan fingerprint density at radius 1 is 0.291 bits per heavy atom. The second-order valence-corrected chi connectivity index (χ2v) is 26.6. The lowest BCUT2D eigenvalue weighted by molar-refractivity contribution is 0.530. The van der Waals surface area contributed by atoms with Crippen LogP contribution in [0, 0.1) is 11.8 Å². The third-order valence-electron chi connectivity index (χ3n) is 18.3. The summed E-state index contributed by atoms with van der Waals surface area (Å²) in [5.74, 6) is 7.34. The van der Waals surface area contributed by atoms with Crippen LogP contribution in [0.4, 0.5) is 11.4 Å². The molecule has 490 valence electrons. The second-order valence-electron chi connectivity index (χ2n) is 26.6. The number of allylic oxidation sites excluding steroid dienone is 4. The summed E-state index contributed by atoms with van der Waals surface area (Å²) < 4.78 is 0. The van der Waals surface area contributed by atoms with E-state index in [0.29, 0.717) is 0 Å². The molecule has 86 heavy (non-hydrogen) atoms. The number of aryl methyl sites for hydroxylation is 2. The maximum atomic E-state index is 5.54. The van der Waals surface area contributed by atoms with Crippen LogP contribution in [0.15, 0.2) is 82.8 Å². The summed E-state index contributed by atoms with van der Waals surface area (Å²) in [7, 11) is 0. The number of para-hydroxylation sites is 2. The summed E-state index contributed by atoms with van der Waals surface area (Å²) in [6.45, 7) is 9.23. The van der Waals surface area contributed by atoms with E-state index in [2.05, 4.69) is 112 Å². The van der Waals surface area contributed by atoms with Crippen LogP contribution in [0.2, 0.25) is 0 Å². The fourth-order valence-electron chi connectivity index (χ4n) is 12.5. The molecule has 0 fully saturated rings. The lowest BCUT2D eigenvalue weighted by Crippen LogP contribution is -2.13. The van der Waals surface area contributed by atoms with Crippen LogP contribution in [-0.2, 0) is 12.8 Å². The van der Waals surface area contributed by atoms with Gasteiger partial charge in [-0.3, -0.25) is 4.99 Å². The van der Waals surface area contributed by atoms with Crippen molar-refractivity contribution in [3.63, 3.8) is 0 Å². The first-order valence-electron chi connectivity index (χ1n) is 38.8. The maximum absolute atomic E-state index is 5.54. The quantitative estimate of drug-likeness (QED) is 0.0273. The zero-order valence-corrected chi connectivity index (χ0v) is 58.2. The highest BCUT2D eigenvalue weighted by Crippen LogP contribution is 2.26. The van der Waals surface area contributed by atoms with Crippen LogP contribution in [-0.4, -0.2) is 11.4 Å². The number of rotatable bonds is 64. The molecule has 2 rings (SSSR count). The highest BCUT2D eigenvalue weighted by Gasteiger charge is 2.12. The van der Waals surface area contributed by atoms with Gasteiger partial charge in [-0.05, 0) is 113 Å². The molecule has 0 saturated carbocycles. The molecule has 2 aromatic carbocycles. The number of aliphatic imine (C=N–C) groups is 2.